The first kappa shape index (κ1) is 52.2. The van der Waals surface area contributed by atoms with Gasteiger partial charge in [-0.15, -0.1) is 0 Å². The lowest BCUT2D eigenvalue weighted by Gasteiger charge is -2.28. The predicted octanol–water partition coefficient (Wildman–Crippen LogP) is 9.35. The van der Waals surface area contributed by atoms with E-state index in [0.29, 0.717) is 36.7 Å². The van der Waals surface area contributed by atoms with Crippen LogP contribution in [0.4, 0.5) is 0 Å². The molecule has 2 fully saturated rings. The molecule has 0 spiro atoms. The van der Waals surface area contributed by atoms with Crippen molar-refractivity contribution in [2.24, 2.45) is 11.8 Å². The van der Waals surface area contributed by atoms with Crippen LogP contribution in [0.3, 0.4) is 0 Å². The third-order valence-electron chi connectivity index (χ3n) is 10.6. The number of carbonyl (C=O) groups excluding carboxylic acids is 2. The van der Waals surface area contributed by atoms with Crippen LogP contribution in [0.15, 0.2) is 36.5 Å². The summed E-state index contributed by atoms with van der Waals surface area (Å²) in [6.45, 7) is 3.84. The number of phosphoric ester groups is 1. The summed E-state index contributed by atoms with van der Waals surface area (Å²) in [6.07, 6.45) is 30.7. The van der Waals surface area contributed by atoms with Crippen molar-refractivity contribution < 1.29 is 62.0 Å². The number of esters is 2. The van der Waals surface area contributed by atoms with E-state index in [4.69, 9.17) is 28.3 Å². The van der Waals surface area contributed by atoms with E-state index in [1.165, 1.54) is 57.8 Å². The Labute approximate surface area is 349 Å². The number of unbranched alkanes of at least 4 members (excludes halogenated alkanes) is 13. The number of allylic oxidation sites excluding steroid dienone is 3. The molecule has 2 bridgehead atoms. The van der Waals surface area contributed by atoms with Gasteiger partial charge in [0, 0.05) is 31.1 Å². The molecule has 2 rings (SSSR count). The van der Waals surface area contributed by atoms with Crippen molar-refractivity contribution in [3.05, 3.63) is 36.5 Å². The Morgan fingerprint density at radius 2 is 1.45 bits per heavy atom. The number of ether oxygens (including phenoxy) is 2. The Balaban J connectivity index is 1.76. The number of phosphoric acid groups is 1. The third kappa shape index (κ3) is 25.0. The normalized spacial score (nSPS) is 21.6. The van der Waals surface area contributed by atoms with Crippen LogP contribution in [0.25, 0.3) is 0 Å². The van der Waals surface area contributed by atoms with Gasteiger partial charge in [-0.25, -0.2) is 14.7 Å². The Hall–Kier alpha value is -1.93. The van der Waals surface area contributed by atoms with Gasteiger partial charge in [0.2, 0.25) is 0 Å². The number of nitrogens with zero attached hydrogens (tertiary/aromatic N) is 1. The summed E-state index contributed by atoms with van der Waals surface area (Å²) in [5, 5.41) is 9.32. The average molecular weight is 844 g/mol. The number of hydrogen-bond donors (Lipinski definition) is 1. The maximum absolute atomic E-state index is 12.8. The molecule has 1 saturated heterocycles. The van der Waals surface area contributed by atoms with Crippen LogP contribution in [0, 0.1) is 11.8 Å². The van der Waals surface area contributed by atoms with Crippen LogP contribution in [0.5, 0.6) is 0 Å². The number of quaternary nitrogens is 1. The second-order valence-corrected chi connectivity index (χ2v) is 18.3. The van der Waals surface area contributed by atoms with Gasteiger partial charge in [0.15, 0.2) is 6.10 Å². The summed E-state index contributed by atoms with van der Waals surface area (Å²) in [4.78, 5) is 53.4. The van der Waals surface area contributed by atoms with Crippen LogP contribution in [-0.2, 0) is 47.3 Å². The summed E-state index contributed by atoms with van der Waals surface area (Å²) < 4.78 is 34.0. The van der Waals surface area contributed by atoms with Crippen molar-refractivity contribution in [3.8, 4) is 0 Å². The molecule has 7 atom stereocenters. The molecule has 58 heavy (non-hydrogen) atoms. The molecule has 1 saturated carbocycles. The van der Waals surface area contributed by atoms with Crippen LogP contribution < -0.4 is 4.89 Å². The van der Waals surface area contributed by atoms with Crippen molar-refractivity contribution in [1.82, 2.24) is 0 Å². The molecule has 7 unspecified atom stereocenters. The second kappa shape index (κ2) is 31.0. The maximum Gasteiger partial charge on any atom is 0.306 e. The third-order valence-corrected chi connectivity index (χ3v) is 11.6. The molecule has 0 amide bonds. The Bertz CT molecular complexity index is 1240. The van der Waals surface area contributed by atoms with Gasteiger partial charge in [-0.1, -0.05) is 127 Å². The fraction of sp³-hybridized carbons (Fsp3) is 0.818. The van der Waals surface area contributed by atoms with Gasteiger partial charge >= 0.3 is 11.9 Å². The van der Waals surface area contributed by atoms with E-state index in [9.17, 15) is 24.3 Å². The first-order valence-electron chi connectivity index (χ1n) is 22.2. The fourth-order valence-corrected chi connectivity index (χ4v) is 7.83. The van der Waals surface area contributed by atoms with Crippen LogP contribution >= 0.6 is 7.82 Å². The largest absolute Gasteiger partial charge is 0.756 e. The van der Waals surface area contributed by atoms with E-state index in [2.05, 4.69) is 30.9 Å². The van der Waals surface area contributed by atoms with Gasteiger partial charge in [-0.2, -0.15) is 0 Å². The minimum absolute atomic E-state index is 0.0112. The standard InChI is InChI=1S/C44H78NO12P/c1-6-8-10-11-12-13-14-15-16-17-18-19-24-28-43(46)51-35-38(36-53-58(49,50)52-33-32-45(3,4)5)54-44(47)29-25-21-20-23-27-39-40(42-34-41(39)56-57-42)31-30-37(55-48)26-22-9-7-2/h9,20,22-23,30-31,37-42H,6-8,10-19,21,24-29,32-36H2,1-5H3,(H-,48,49,50)/b22-9-,23-20-,31-30+. The molecule has 1 N–H and O–H groups in total. The maximum atomic E-state index is 12.8. The number of fused-ring (bicyclic) bond motifs is 2. The van der Waals surface area contributed by atoms with Crippen LogP contribution in [0.1, 0.15) is 149 Å². The van der Waals surface area contributed by atoms with E-state index in [1.54, 1.807) is 0 Å². The van der Waals surface area contributed by atoms with E-state index in [1.807, 2.05) is 45.4 Å². The van der Waals surface area contributed by atoms with Crippen molar-refractivity contribution in [3.63, 3.8) is 0 Å². The lowest BCUT2D eigenvalue weighted by Crippen LogP contribution is -2.37. The Morgan fingerprint density at radius 1 is 0.810 bits per heavy atom. The SMILES string of the molecule is CC/C=C\CC(/C=C/C1C2CC(OO2)C1C/C=C\CCCC(=O)OC(COC(=O)CCCCCCCCCCCCCCC)COP(=O)([O-])OCC[N+](C)(C)C)OO. The molecule has 336 valence electrons. The highest BCUT2D eigenvalue weighted by atomic mass is 31.2. The number of likely N-dealkylation sites (N-methyl/N-ethyl adjacent to an activating group) is 1. The summed E-state index contributed by atoms with van der Waals surface area (Å²) >= 11 is 0. The second-order valence-electron chi connectivity index (χ2n) is 16.9. The molecule has 1 aliphatic heterocycles. The van der Waals surface area contributed by atoms with Gasteiger partial charge in [-0.05, 0) is 38.5 Å². The highest BCUT2D eigenvalue weighted by molar-refractivity contribution is 7.45. The molecular formula is C44H78NO12P. The van der Waals surface area contributed by atoms with Crippen molar-refractivity contribution in [2.45, 2.75) is 173 Å². The smallest absolute Gasteiger partial charge is 0.306 e. The Kier molecular flexibility index (Phi) is 27.9. The van der Waals surface area contributed by atoms with Gasteiger partial charge in [-0.3, -0.25) is 19.4 Å². The first-order valence-corrected chi connectivity index (χ1v) is 23.7. The molecule has 0 aromatic rings. The number of hydrogen-bond acceptors (Lipinski definition) is 12. The van der Waals surface area contributed by atoms with Crippen molar-refractivity contribution in [1.29, 1.82) is 0 Å². The molecule has 2 aliphatic rings. The summed E-state index contributed by atoms with van der Waals surface area (Å²) in [5.41, 5.74) is 0. The summed E-state index contributed by atoms with van der Waals surface area (Å²) in [6, 6.07) is 0. The zero-order valence-corrected chi connectivity index (χ0v) is 37.3. The topological polar surface area (TPSA) is 159 Å². The minimum Gasteiger partial charge on any atom is -0.756 e. The van der Waals surface area contributed by atoms with Crippen LogP contribution in [-0.4, -0.2) is 93.6 Å². The van der Waals surface area contributed by atoms with Gasteiger partial charge < -0.3 is 27.9 Å². The molecular weight excluding hydrogens is 765 g/mol. The molecule has 14 heteroatoms. The summed E-state index contributed by atoms with van der Waals surface area (Å²) in [5.74, 6) is -0.626. The number of rotatable bonds is 36. The molecule has 0 radical (unpaired) electrons. The predicted molar refractivity (Wildman–Crippen MR) is 223 cm³/mol. The van der Waals surface area contributed by atoms with E-state index in [0.717, 1.165) is 38.5 Å². The molecule has 0 aromatic carbocycles. The minimum atomic E-state index is -4.68. The highest BCUT2D eigenvalue weighted by Crippen LogP contribution is 2.45. The van der Waals surface area contributed by atoms with E-state index >= 15 is 0 Å². The monoisotopic (exact) mass is 844 g/mol. The first-order chi connectivity index (χ1) is 27.9. The molecule has 1 heterocycles. The van der Waals surface area contributed by atoms with Crippen LogP contribution in [0.2, 0.25) is 0 Å². The summed E-state index contributed by atoms with van der Waals surface area (Å²) in [7, 11) is 1.06. The lowest BCUT2D eigenvalue weighted by atomic mass is 9.89. The lowest BCUT2D eigenvalue weighted by molar-refractivity contribution is -0.870. The van der Waals surface area contributed by atoms with Gasteiger partial charge in [0.05, 0.1) is 33.9 Å². The van der Waals surface area contributed by atoms with Crippen molar-refractivity contribution >= 4 is 19.8 Å². The zero-order valence-electron chi connectivity index (χ0n) is 36.4. The molecule has 13 nitrogen and oxygen atoms in total. The zero-order chi connectivity index (χ0) is 42.5. The highest BCUT2D eigenvalue weighted by Gasteiger charge is 2.49. The number of carbonyl (C=O) groups is 2. The van der Waals surface area contributed by atoms with E-state index in [-0.39, 0.29) is 50.1 Å². The Morgan fingerprint density at radius 3 is 2.09 bits per heavy atom. The molecule has 1 aliphatic carbocycles. The van der Waals surface area contributed by atoms with Gasteiger partial charge in [0.1, 0.15) is 32.0 Å². The van der Waals surface area contributed by atoms with Crippen molar-refractivity contribution in [2.75, 3.05) is 47.5 Å². The van der Waals surface area contributed by atoms with E-state index < -0.39 is 38.6 Å². The molecule has 0 aromatic heterocycles. The quantitative estimate of drug-likeness (QED) is 0.0121. The van der Waals surface area contributed by atoms with Gasteiger partial charge in [0.25, 0.3) is 7.82 Å². The fourth-order valence-electron chi connectivity index (χ4n) is 7.10. The average Bonchev–Trinajstić information content (AvgIpc) is 3.79.